The van der Waals surface area contributed by atoms with Gasteiger partial charge in [-0.2, -0.15) is 0 Å². The number of ether oxygens (including phenoxy) is 2. The Kier molecular flexibility index (Phi) is 5.78. The third-order valence-corrected chi connectivity index (χ3v) is 6.99. The quantitative estimate of drug-likeness (QED) is 0.775. The molecule has 0 bridgehead atoms. The van der Waals surface area contributed by atoms with Gasteiger partial charge in [0.25, 0.3) is 5.91 Å². The van der Waals surface area contributed by atoms with Gasteiger partial charge in [0.05, 0.1) is 37.1 Å². The molecule has 1 amide bonds. The molecule has 1 aromatic carbocycles. The molecule has 32 heavy (non-hydrogen) atoms. The van der Waals surface area contributed by atoms with E-state index in [1.807, 2.05) is 6.07 Å². The van der Waals surface area contributed by atoms with Crippen LogP contribution in [-0.2, 0) is 24.2 Å². The standard InChI is InChI=1S/C25H31N3O4/c1-3-16-13-21-23(22(14-29)27(2)25(21)30)26-24(16)28-9-6-19(7-10-28)32-20-5-4-17-8-11-31-15-18(17)12-20/h4-5,12-13,19,22,29H,3,6-11,14-15H2,1-2H3. The summed E-state index contributed by atoms with van der Waals surface area (Å²) in [7, 11) is 1.73. The second kappa shape index (κ2) is 8.71. The summed E-state index contributed by atoms with van der Waals surface area (Å²) in [6.07, 6.45) is 3.78. The number of aromatic nitrogens is 1. The van der Waals surface area contributed by atoms with Crippen LogP contribution in [0, 0.1) is 0 Å². The molecule has 1 atom stereocenters. The number of anilines is 1. The Bertz CT molecular complexity index is 1020. The first-order valence-corrected chi connectivity index (χ1v) is 11.6. The Morgan fingerprint density at radius 1 is 1.22 bits per heavy atom. The zero-order valence-electron chi connectivity index (χ0n) is 18.8. The molecular formula is C25H31N3O4. The summed E-state index contributed by atoms with van der Waals surface area (Å²) >= 11 is 0. The molecule has 1 aromatic heterocycles. The molecule has 3 aliphatic rings. The number of piperidine rings is 1. The Hall–Kier alpha value is -2.64. The smallest absolute Gasteiger partial charge is 0.256 e. The number of carbonyl (C=O) groups is 1. The number of benzene rings is 1. The normalized spacial score (nSPS) is 21.0. The summed E-state index contributed by atoms with van der Waals surface area (Å²) in [4.78, 5) is 21.4. The van der Waals surface area contributed by atoms with Crippen LogP contribution in [0.5, 0.6) is 5.75 Å². The van der Waals surface area contributed by atoms with Gasteiger partial charge in [-0.25, -0.2) is 4.98 Å². The van der Waals surface area contributed by atoms with Gasteiger partial charge in [-0.3, -0.25) is 4.79 Å². The Balaban J connectivity index is 1.29. The van der Waals surface area contributed by atoms with Gasteiger partial charge in [0.15, 0.2) is 0 Å². The number of nitrogens with zero attached hydrogens (tertiary/aromatic N) is 3. The maximum Gasteiger partial charge on any atom is 0.256 e. The molecule has 1 N–H and O–H groups in total. The van der Waals surface area contributed by atoms with Crippen LogP contribution in [-0.4, -0.2) is 60.4 Å². The van der Waals surface area contributed by atoms with Crippen molar-refractivity contribution in [2.24, 2.45) is 0 Å². The molecule has 170 valence electrons. The topological polar surface area (TPSA) is 75.1 Å². The zero-order valence-corrected chi connectivity index (χ0v) is 18.8. The van der Waals surface area contributed by atoms with Crippen molar-refractivity contribution in [1.82, 2.24) is 9.88 Å². The Morgan fingerprint density at radius 3 is 2.78 bits per heavy atom. The third-order valence-electron chi connectivity index (χ3n) is 6.99. The predicted molar refractivity (Wildman–Crippen MR) is 121 cm³/mol. The monoisotopic (exact) mass is 437 g/mol. The fraction of sp³-hybridized carbons (Fsp3) is 0.520. The van der Waals surface area contributed by atoms with E-state index in [1.165, 1.54) is 11.1 Å². The fourth-order valence-corrected chi connectivity index (χ4v) is 5.04. The summed E-state index contributed by atoms with van der Waals surface area (Å²) in [6, 6.07) is 7.98. The van der Waals surface area contributed by atoms with Crippen LogP contribution < -0.4 is 9.64 Å². The molecule has 1 saturated heterocycles. The van der Waals surface area contributed by atoms with Gasteiger partial charge in [-0.05, 0) is 47.7 Å². The Morgan fingerprint density at radius 2 is 2.03 bits per heavy atom. The molecule has 1 fully saturated rings. The van der Waals surface area contributed by atoms with E-state index < -0.39 is 0 Å². The van der Waals surface area contributed by atoms with Crippen LogP contribution in [0.2, 0.25) is 0 Å². The lowest BCUT2D eigenvalue weighted by Crippen LogP contribution is -2.39. The number of fused-ring (bicyclic) bond motifs is 2. The lowest BCUT2D eigenvalue weighted by Gasteiger charge is -2.34. The number of carbonyl (C=O) groups excluding carboxylic acids is 1. The number of rotatable bonds is 5. The van der Waals surface area contributed by atoms with Crippen LogP contribution in [0.25, 0.3) is 0 Å². The summed E-state index contributed by atoms with van der Waals surface area (Å²) in [5, 5.41) is 9.81. The highest BCUT2D eigenvalue weighted by Gasteiger charge is 2.37. The van der Waals surface area contributed by atoms with Crippen molar-refractivity contribution in [3.05, 3.63) is 52.2 Å². The largest absolute Gasteiger partial charge is 0.490 e. The van der Waals surface area contributed by atoms with Crippen molar-refractivity contribution >= 4 is 11.7 Å². The minimum Gasteiger partial charge on any atom is -0.490 e. The van der Waals surface area contributed by atoms with Crippen molar-refractivity contribution in [3.8, 4) is 5.75 Å². The minimum absolute atomic E-state index is 0.0599. The third kappa shape index (κ3) is 3.73. The predicted octanol–water partition coefficient (Wildman–Crippen LogP) is 2.88. The minimum atomic E-state index is -0.365. The van der Waals surface area contributed by atoms with Crippen LogP contribution in [0.15, 0.2) is 24.3 Å². The molecule has 5 rings (SSSR count). The van der Waals surface area contributed by atoms with E-state index in [0.717, 1.165) is 62.5 Å². The highest BCUT2D eigenvalue weighted by Crippen LogP contribution is 2.35. The molecule has 7 heteroatoms. The average molecular weight is 438 g/mol. The lowest BCUT2D eigenvalue weighted by molar-refractivity contribution is 0.0715. The van der Waals surface area contributed by atoms with E-state index in [2.05, 4.69) is 30.0 Å². The lowest BCUT2D eigenvalue weighted by atomic mass is 10.0. The van der Waals surface area contributed by atoms with Crippen molar-refractivity contribution in [2.75, 3.05) is 38.3 Å². The van der Waals surface area contributed by atoms with E-state index in [4.69, 9.17) is 14.5 Å². The first-order chi connectivity index (χ1) is 15.6. The van der Waals surface area contributed by atoms with Crippen molar-refractivity contribution in [2.45, 2.75) is 51.4 Å². The molecule has 0 spiro atoms. The van der Waals surface area contributed by atoms with E-state index >= 15 is 0 Å². The molecular weight excluding hydrogens is 406 g/mol. The van der Waals surface area contributed by atoms with Crippen LogP contribution in [0.4, 0.5) is 5.82 Å². The van der Waals surface area contributed by atoms with Gasteiger partial charge in [0.1, 0.15) is 17.7 Å². The molecule has 7 nitrogen and oxygen atoms in total. The van der Waals surface area contributed by atoms with Gasteiger partial charge in [0.2, 0.25) is 0 Å². The number of pyridine rings is 1. The second-order valence-corrected chi connectivity index (χ2v) is 8.91. The average Bonchev–Trinajstić information content (AvgIpc) is 3.07. The SMILES string of the molecule is CCc1cc2c(nc1N1CCC(Oc3ccc4c(c3)COCC4)CC1)C(CO)N(C)C2=O. The number of amides is 1. The summed E-state index contributed by atoms with van der Waals surface area (Å²) in [6.45, 7) is 5.15. The van der Waals surface area contributed by atoms with Gasteiger partial charge in [-0.15, -0.1) is 0 Å². The Labute approximate surface area is 189 Å². The van der Waals surface area contributed by atoms with Gasteiger partial charge in [0, 0.05) is 33.0 Å². The summed E-state index contributed by atoms with van der Waals surface area (Å²) < 4.78 is 11.9. The second-order valence-electron chi connectivity index (χ2n) is 8.91. The zero-order chi connectivity index (χ0) is 22.2. The molecule has 1 unspecified atom stereocenters. The summed E-state index contributed by atoms with van der Waals surface area (Å²) in [5.41, 5.74) is 5.00. The number of likely N-dealkylation sites (N-methyl/N-ethyl adjacent to an activating group) is 1. The van der Waals surface area contributed by atoms with E-state index in [-0.39, 0.29) is 24.7 Å². The number of aryl methyl sites for hydroxylation is 1. The van der Waals surface area contributed by atoms with E-state index in [0.29, 0.717) is 17.9 Å². The highest BCUT2D eigenvalue weighted by atomic mass is 16.5. The van der Waals surface area contributed by atoms with E-state index in [1.54, 1.807) is 11.9 Å². The number of aliphatic hydroxyl groups excluding tert-OH is 1. The number of aliphatic hydroxyl groups is 1. The van der Waals surface area contributed by atoms with Gasteiger partial charge in [-0.1, -0.05) is 13.0 Å². The molecule has 0 radical (unpaired) electrons. The maximum atomic E-state index is 12.6. The fourth-order valence-electron chi connectivity index (χ4n) is 5.04. The van der Waals surface area contributed by atoms with Crippen LogP contribution in [0.1, 0.15) is 58.5 Å². The first kappa shape index (κ1) is 21.2. The van der Waals surface area contributed by atoms with E-state index in [9.17, 15) is 9.90 Å². The molecule has 3 aliphatic heterocycles. The van der Waals surface area contributed by atoms with Crippen molar-refractivity contribution < 1.29 is 19.4 Å². The molecule has 4 heterocycles. The number of hydrogen-bond acceptors (Lipinski definition) is 6. The van der Waals surface area contributed by atoms with Gasteiger partial charge >= 0.3 is 0 Å². The van der Waals surface area contributed by atoms with Crippen LogP contribution >= 0.6 is 0 Å². The molecule has 2 aromatic rings. The van der Waals surface area contributed by atoms with Gasteiger partial charge < -0.3 is 24.4 Å². The first-order valence-electron chi connectivity index (χ1n) is 11.6. The summed E-state index contributed by atoms with van der Waals surface area (Å²) in [5.74, 6) is 1.80. The maximum absolute atomic E-state index is 12.6. The number of hydrogen-bond donors (Lipinski definition) is 1. The molecule has 0 aliphatic carbocycles. The highest BCUT2D eigenvalue weighted by molar-refractivity contribution is 5.99. The molecule has 0 saturated carbocycles. The van der Waals surface area contributed by atoms with Crippen LogP contribution in [0.3, 0.4) is 0 Å². The van der Waals surface area contributed by atoms with Crippen molar-refractivity contribution in [3.63, 3.8) is 0 Å². The van der Waals surface area contributed by atoms with Crippen molar-refractivity contribution in [1.29, 1.82) is 0 Å².